The van der Waals surface area contributed by atoms with Gasteiger partial charge in [-0.05, 0) is 57.9 Å². The lowest BCUT2D eigenvalue weighted by Crippen LogP contribution is -1.95. The third-order valence-electron chi connectivity index (χ3n) is 4.58. The maximum atomic E-state index is 5.74. The molecule has 0 radical (unpaired) electrons. The van der Waals surface area contributed by atoms with E-state index in [-0.39, 0.29) is 0 Å². The van der Waals surface area contributed by atoms with Crippen LogP contribution in [0.3, 0.4) is 0 Å². The molecular weight excluding hydrogens is 456 g/mol. The van der Waals surface area contributed by atoms with Crippen LogP contribution in [0, 0.1) is 0 Å². The largest absolute Gasteiger partial charge is 0.496 e. The first-order chi connectivity index (χ1) is 12.6. The Morgan fingerprint density at radius 2 is 0.962 bits per heavy atom. The second-order valence-electron chi connectivity index (χ2n) is 6.02. The highest BCUT2D eigenvalue weighted by Crippen LogP contribution is 2.46. The Bertz CT molecular complexity index is 1040. The van der Waals surface area contributed by atoms with Crippen LogP contribution in [0.2, 0.25) is 0 Å². The minimum Gasteiger partial charge on any atom is -0.496 e. The molecule has 0 N–H and O–H groups in total. The average Bonchev–Trinajstić information content (AvgIpc) is 2.66. The van der Waals surface area contributed by atoms with Gasteiger partial charge >= 0.3 is 0 Å². The van der Waals surface area contributed by atoms with Gasteiger partial charge < -0.3 is 9.47 Å². The summed E-state index contributed by atoms with van der Waals surface area (Å²) in [5, 5.41) is 4.53. The fourth-order valence-electron chi connectivity index (χ4n) is 3.40. The molecule has 0 saturated carbocycles. The summed E-state index contributed by atoms with van der Waals surface area (Å²) in [6.45, 7) is 0. The van der Waals surface area contributed by atoms with Gasteiger partial charge in [0.15, 0.2) is 0 Å². The van der Waals surface area contributed by atoms with Crippen molar-refractivity contribution in [3.63, 3.8) is 0 Å². The molecule has 4 rings (SSSR count). The van der Waals surface area contributed by atoms with Crippen LogP contribution in [0.25, 0.3) is 32.7 Å². The van der Waals surface area contributed by atoms with Crippen LogP contribution in [0.4, 0.5) is 0 Å². The predicted molar refractivity (Wildman–Crippen MR) is 115 cm³/mol. The van der Waals surface area contributed by atoms with Gasteiger partial charge in [0, 0.05) is 20.1 Å². The molecule has 0 aliphatic heterocycles. The Morgan fingerprint density at radius 1 is 0.577 bits per heavy atom. The molecule has 130 valence electrons. The number of ether oxygens (including phenoxy) is 2. The molecule has 26 heavy (non-hydrogen) atoms. The van der Waals surface area contributed by atoms with Crippen molar-refractivity contribution in [3.8, 4) is 22.6 Å². The van der Waals surface area contributed by atoms with Gasteiger partial charge in [0.25, 0.3) is 0 Å². The van der Waals surface area contributed by atoms with E-state index in [1.165, 1.54) is 0 Å². The van der Waals surface area contributed by atoms with E-state index in [0.29, 0.717) is 0 Å². The first kappa shape index (κ1) is 17.4. The molecule has 0 aromatic heterocycles. The smallest absolute Gasteiger partial charge is 0.127 e. The maximum absolute atomic E-state index is 5.74. The SMILES string of the molecule is COc1ccc2ccc(Br)cc2c1-c1c(OC)ccc2ccc(Br)cc12. The van der Waals surface area contributed by atoms with Crippen molar-refractivity contribution in [1.82, 2.24) is 0 Å². The van der Waals surface area contributed by atoms with Gasteiger partial charge in [-0.15, -0.1) is 0 Å². The highest BCUT2D eigenvalue weighted by Gasteiger charge is 2.18. The summed E-state index contributed by atoms with van der Waals surface area (Å²) < 4.78 is 13.5. The third-order valence-corrected chi connectivity index (χ3v) is 5.57. The van der Waals surface area contributed by atoms with E-state index in [4.69, 9.17) is 9.47 Å². The van der Waals surface area contributed by atoms with Crippen LogP contribution in [-0.2, 0) is 0 Å². The highest BCUT2D eigenvalue weighted by atomic mass is 79.9. The fourth-order valence-corrected chi connectivity index (χ4v) is 4.12. The molecular formula is C22H16Br2O2. The van der Waals surface area contributed by atoms with Gasteiger partial charge in [-0.25, -0.2) is 0 Å². The van der Waals surface area contributed by atoms with Gasteiger partial charge in [0.05, 0.1) is 14.2 Å². The van der Waals surface area contributed by atoms with Crippen LogP contribution in [0.5, 0.6) is 11.5 Å². The Labute approximate surface area is 169 Å². The molecule has 0 heterocycles. The van der Waals surface area contributed by atoms with Gasteiger partial charge in [-0.1, -0.05) is 56.1 Å². The molecule has 4 aromatic carbocycles. The molecule has 0 saturated heterocycles. The lowest BCUT2D eigenvalue weighted by molar-refractivity contribution is 0.411. The summed E-state index contributed by atoms with van der Waals surface area (Å²) in [7, 11) is 3.41. The van der Waals surface area contributed by atoms with Crippen LogP contribution in [-0.4, -0.2) is 14.2 Å². The number of methoxy groups -OCH3 is 2. The summed E-state index contributed by atoms with van der Waals surface area (Å²) in [6.07, 6.45) is 0. The zero-order valence-electron chi connectivity index (χ0n) is 14.3. The van der Waals surface area contributed by atoms with E-state index < -0.39 is 0 Å². The van der Waals surface area contributed by atoms with E-state index in [2.05, 4.69) is 80.4 Å². The van der Waals surface area contributed by atoms with E-state index >= 15 is 0 Å². The number of fused-ring (bicyclic) bond motifs is 2. The summed E-state index contributed by atoms with van der Waals surface area (Å²) in [5.74, 6) is 1.64. The molecule has 0 spiro atoms. The second-order valence-corrected chi connectivity index (χ2v) is 7.85. The monoisotopic (exact) mass is 470 g/mol. The van der Waals surface area contributed by atoms with Gasteiger partial charge in [0.2, 0.25) is 0 Å². The molecule has 2 nitrogen and oxygen atoms in total. The third kappa shape index (κ3) is 2.87. The number of rotatable bonds is 3. The molecule has 4 heteroatoms. The molecule has 0 unspecified atom stereocenters. The minimum absolute atomic E-state index is 0.821. The Hall–Kier alpha value is -2.04. The first-order valence-electron chi connectivity index (χ1n) is 8.15. The van der Waals surface area contributed by atoms with Crippen molar-refractivity contribution in [2.24, 2.45) is 0 Å². The summed E-state index contributed by atoms with van der Waals surface area (Å²) in [5.41, 5.74) is 2.07. The lowest BCUT2D eigenvalue weighted by Gasteiger charge is -2.18. The molecule has 0 aliphatic rings. The quantitative estimate of drug-likeness (QED) is 0.314. The summed E-state index contributed by atoms with van der Waals surface area (Å²) >= 11 is 7.21. The Morgan fingerprint density at radius 3 is 1.35 bits per heavy atom. The standard InChI is InChI=1S/C22H16Br2O2/c1-25-19-9-5-13-3-7-15(23)11-17(13)21(19)22-18-12-16(24)8-4-14(18)6-10-20(22)26-2/h3-12H,1-2H3. The first-order valence-corrected chi connectivity index (χ1v) is 9.74. The highest BCUT2D eigenvalue weighted by molar-refractivity contribution is 9.10. The lowest BCUT2D eigenvalue weighted by atomic mass is 9.92. The van der Waals surface area contributed by atoms with Gasteiger partial charge in [-0.3, -0.25) is 0 Å². The molecule has 0 bridgehead atoms. The van der Waals surface area contributed by atoms with E-state index in [0.717, 1.165) is 53.1 Å². The normalized spacial score (nSPS) is 11.1. The summed E-state index contributed by atoms with van der Waals surface area (Å²) in [6, 6.07) is 20.8. The van der Waals surface area contributed by atoms with Crippen molar-refractivity contribution in [2.45, 2.75) is 0 Å². The molecule has 4 aromatic rings. The fraction of sp³-hybridized carbons (Fsp3) is 0.0909. The van der Waals surface area contributed by atoms with Crippen molar-refractivity contribution in [3.05, 3.63) is 69.6 Å². The zero-order chi connectivity index (χ0) is 18.3. The van der Waals surface area contributed by atoms with Crippen molar-refractivity contribution < 1.29 is 9.47 Å². The number of hydrogen-bond acceptors (Lipinski definition) is 2. The zero-order valence-corrected chi connectivity index (χ0v) is 17.5. The number of halogens is 2. The number of hydrogen-bond donors (Lipinski definition) is 0. The van der Waals surface area contributed by atoms with Crippen LogP contribution >= 0.6 is 31.9 Å². The summed E-state index contributed by atoms with van der Waals surface area (Å²) in [4.78, 5) is 0. The van der Waals surface area contributed by atoms with E-state index in [1.54, 1.807) is 14.2 Å². The maximum Gasteiger partial charge on any atom is 0.127 e. The van der Waals surface area contributed by atoms with Crippen molar-refractivity contribution in [2.75, 3.05) is 14.2 Å². The number of benzene rings is 4. The van der Waals surface area contributed by atoms with Gasteiger partial charge in [0.1, 0.15) is 11.5 Å². The molecule has 0 atom stereocenters. The van der Waals surface area contributed by atoms with Crippen LogP contribution in [0.1, 0.15) is 0 Å². The molecule has 0 fully saturated rings. The Kier molecular flexibility index (Phi) is 4.63. The van der Waals surface area contributed by atoms with Crippen molar-refractivity contribution in [1.29, 1.82) is 0 Å². The van der Waals surface area contributed by atoms with E-state index in [9.17, 15) is 0 Å². The van der Waals surface area contributed by atoms with Crippen LogP contribution in [0.15, 0.2) is 69.6 Å². The van der Waals surface area contributed by atoms with E-state index in [1.807, 2.05) is 12.1 Å². The Balaban J connectivity index is 2.22. The van der Waals surface area contributed by atoms with Gasteiger partial charge in [-0.2, -0.15) is 0 Å². The average molecular weight is 472 g/mol. The van der Waals surface area contributed by atoms with Crippen LogP contribution < -0.4 is 9.47 Å². The topological polar surface area (TPSA) is 18.5 Å². The minimum atomic E-state index is 0.821. The van der Waals surface area contributed by atoms with Crippen molar-refractivity contribution >= 4 is 53.4 Å². The second kappa shape index (κ2) is 6.93. The molecule has 0 aliphatic carbocycles. The predicted octanol–water partition coefficient (Wildman–Crippen LogP) is 7.20. The molecule has 0 amide bonds.